The quantitative estimate of drug-likeness (QED) is 0.489. The van der Waals surface area contributed by atoms with Crippen molar-refractivity contribution in [3.63, 3.8) is 0 Å². The van der Waals surface area contributed by atoms with Crippen molar-refractivity contribution in [2.24, 2.45) is 11.3 Å². The predicted molar refractivity (Wildman–Crippen MR) is 141 cm³/mol. The Morgan fingerprint density at radius 2 is 2.00 bits per heavy atom. The summed E-state index contributed by atoms with van der Waals surface area (Å²) in [6, 6.07) is 6.12. The Bertz CT molecular complexity index is 1110. The van der Waals surface area contributed by atoms with E-state index in [1.165, 1.54) is 43.4 Å². The van der Waals surface area contributed by atoms with Crippen LogP contribution in [0.15, 0.2) is 12.1 Å². The first-order valence-corrected chi connectivity index (χ1v) is 14.8. The molecular formula is C28H41N5O2S. The van der Waals surface area contributed by atoms with Crippen LogP contribution in [0.2, 0.25) is 0 Å². The lowest BCUT2D eigenvalue weighted by Gasteiger charge is -2.44. The van der Waals surface area contributed by atoms with Crippen molar-refractivity contribution in [1.29, 1.82) is 0 Å². The van der Waals surface area contributed by atoms with Crippen LogP contribution in [0.25, 0.3) is 0 Å². The molecule has 2 aromatic heterocycles. The summed E-state index contributed by atoms with van der Waals surface area (Å²) in [4.78, 5) is 17.1. The summed E-state index contributed by atoms with van der Waals surface area (Å²) in [5.74, 6) is 3.02. The molecule has 36 heavy (non-hydrogen) atoms. The van der Waals surface area contributed by atoms with Crippen LogP contribution in [0, 0.1) is 18.3 Å². The minimum atomic E-state index is 0.0620. The fourth-order valence-electron chi connectivity index (χ4n) is 7.67. The van der Waals surface area contributed by atoms with E-state index < -0.39 is 0 Å². The molecule has 6 rings (SSSR count). The number of nitrogens with one attached hydrogen (secondary N) is 1. The summed E-state index contributed by atoms with van der Waals surface area (Å²) in [6.45, 7) is 7.58. The van der Waals surface area contributed by atoms with Gasteiger partial charge in [0, 0.05) is 46.8 Å². The molecule has 196 valence electrons. The first-order valence-electron chi connectivity index (χ1n) is 14.0. The highest BCUT2D eigenvalue weighted by atomic mass is 32.1. The lowest BCUT2D eigenvalue weighted by Crippen LogP contribution is -2.53. The van der Waals surface area contributed by atoms with Crippen LogP contribution in [0.3, 0.4) is 0 Å². The number of likely N-dealkylation sites (tertiary alicyclic amines) is 1. The zero-order chi connectivity index (χ0) is 25.0. The van der Waals surface area contributed by atoms with Crippen LogP contribution >= 0.6 is 11.3 Å². The second-order valence-electron chi connectivity index (χ2n) is 12.0. The number of aryl methyl sites for hydroxylation is 1. The number of thiophene rings is 1. The molecule has 1 spiro atoms. The summed E-state index contributed by atoms with van der Waals surface area (Å²) in [5.41, 5.74) is 0.516. The van der Waals surface area contributed by atoms with Gasteiger partial charge in [0.05, 0.1) is 13.2 Å². The van der Waals surface area contributed by atoms with E-state index in [1.54, 1.807) is 18.4 Å². The molecule has 7 nitrogen and oxygen atoms in total. The van der Waals surface area contributed by atoms with E-state index in [0.717, 1.165) is 48.6 Å². The third-order valence-corrected chi connectivity index (χ3v) is 10.7. The number of aromatic nitrogens is 3. The van der Waals surface area contributed by atoms with E-state index in [9.17, 15) is 4.79 Å². The maximum atomic E-state index is 13.2. The van der Waals surface area contributed by atoms with Crippen LogP contribution in [0.5, 0.6) is 5.06 Å². The number of rotatable bonds is 9. The summed E-state index contributed by atoms with van der Waals surface area (Å²) in [5, 5.41) is 13.3. The van der Waals surface area contributed by atoms with E-state index in [-0.39, 0.29) is 17.9 Å². The van der Waals surface area contributed by atoms with Gasteiger partial charge in [-0.25, -0.2) is 0 Å². The summed E-state index contributed by atoms with van der Waals surface area (Å²) < 4.78 is 7.91. The van der Waals surface area contributed by atoms with Crippen molar-refractivity contribution in [1.82, 2.24) is 25.0 Å². The number of hydrogen-bond acceptors (Lipinski definition) is 6. The third-order valence-electron chi connectivity index (χ3n) is 9.54. The molecule has 5 atom stereocenters. The SMILES string of the molecule is COc1ccc([C@H](CCN2C3CC(n4c(C)nnc4C(C)C)CC34CC24)NC(=O)C2CCCCC2)s1. The first-order chi connectivity index (χ1) is 17.4. The number of methoxy groups -OCH3 is 1. The molecular weight excluding hydrogens is 470 g/mol. The smallest absolute Gasteiger partial charge is 0.223 e. The third kappa shape index (κ3) is 4.08. The fourth-order valence-corrected chi connectivity index (χ4v) is 8.57. The minimum Gasteiger partial charge on any atom is -0.487 e. The van der Waals surface area contributed by atoms with Crippen LogP contribution in [0.4, 0.5) is 0 Å². The van der Waals surface area contributed by atoms with Crippen molar-refractivity contribution < 1.29 is 9.53 Å². The van der Waals surface area contributed by atoms with Crippen LogP contribution in [-0.2, 0) is 4.79 Å². The minimum absolute atomic E-state index is 0.0620. The fraction of sp³-hybridized carbons (Fsp3) is 0.750. The zero-order valence-electron chi connectivity index (χ0n) is 22.2. The van der Waals surface area contributed by atoms with E-state index in [0.29, 0.717) is 23.4 Å². The Hall–Kier alpha value is -1.93. The molecule has 3 saturated carbocycles. The van der Waals surface area contributed by atoms with Crippen LogP contribution < -0.4 is 10.1 Å². The van der Waals surface area contributed by atoms with Gasteiger partial charge in [0.2, 0.25) is 5.91 Å². The zero-order valence-corrected chi connectivity index (χ0v) is 23.0. The number of nitrogens with zero attached hydrogens (tertiary/aromatic N) is 4. The number of amides is 1. The van der Waals surface area contributed by atoms with Crippen molar-refractivity contribution in [3.8, 4) is 5.06 Å². The van der Waals surface area contributed by atoms with Crippen molar-refractivity contribution >= 4 is 17.2 Å². The largest absolute Gasteiger partial charge is 0.487 e. The Morgan fingerprint density at radius 3 is 2.72 bits per heavy atom. The lowest BCUT2D eigenvalue weighted by atomic mass is 9.88. The summed E-state index contributed by atoms with van der Waals surface area (Å²) in [7, 11) is 1.72. The van der Waals surface area contributed by atoms with Gasteiger partial charge in [-0.15, -0.1) is 21.5 Å². The Kier molecular flexibility index (Phi) is 6.39. The van der Waals surface area contributed by atoms with Crippen LogP contribution in [0.1, 0.15) is 106 Å². The number of ether oxygens (including phenoxy) is 1. The molecule has 3 heterocycles. The van der Waals surface area contributed by atoms with Crippen LogP contribution in [-0.4, -0.2) is 51.3 Å². The van der Waals surface area contributed by atoms with Crippen molar-refractivity contribution in [2.75, 3.05) is 13.7 Å². The van der Waals surface area contributed by atoms with Gasteiger partial charge in [-0.1, -0.05) is 33.1 Å². The van der Waals surface area contributed by atoms with Gasteiger partial charge in [-0.2, -0.15) is 0 Å². The molecule has 4 fully saturated rings. The molecule has 4 unspecified atom stereocenters. The van der Waals surface area contributed by atoms with Gasteiger partial charge in [0.1, 0.15) is 11.6 Å². The van der Waals surface area contributed by atoms with Crippen molar-refractivity contribution in [2.45, 2.75) is 109 Å². The van der Waals surface area contributed by atoms with Gasteiger partial charge < -0.3 is 14.6 Å². The van der Waals surface area contributed by atoms with E-state index in [4.69, 9.17) is 4.74 Å². The molecule has 0 aromatic carbocycles. The Labute approximate surface area is 219 Å². The highest BCUT2D eigenvalue weighted by Crippen LogP contribution is 2.72. The van der Waals surface area contributed by atoms with E-state index in [2.05, 4.69) is 51.8 Å². The van der Waals surface area contributed by atoms with Gasteiger partial charge in [-0.3, -0.25) is 9.69 Å². The van der Waals surface area contributed by atoms with Gasteiger partial charge in [0.25, 0.3) is 0 Å². The molecule has 8 heteroatoms. The molecule has 4 aliphatic rings. The first kappa shape index (κ1) is 24.4. The normalized spacial score (nSPS) is 30.5. The summed E-state index contributed by atoms with van der Waals surface area (Å²) >= 11 is 1.67. The molecule has 2 aromatic rings. The maximum Gasteiger partial charge on any atom is 0.223 e. The van der Waals surface area contributed by atoms with Gasteiger partial charge >= 0.3 is 0 Å². The highest BCUT2D eigenvalue weighted by Gasteiger charge is 2.75. The van der Waals surface area contributed by atoms with E-state index in [1.807, 2.05) is 6.07 Å². The number of carbonyl (C=O) groups is 1. The number of hydrogen-bond donors (Lipinski definition) is 1. The molecule has 1 N–H and O–H groups in total. The highest BCUT2D eigenvalue weighted by molar-refractivity contribution is 7.13. The molecule has 0 radical (unpaired) electrons. The Morgan fingerprint density at radius 1 is 1.19 bits per heavy atom. The molecule has 1 saturated heterocycles. The topological polar surface area (TPSA) is 72.3 Å². The lowest BCUT2D eigenvalue weighted by molar-refractivity contribution is -0.126. The molecule has 3 aliphatic carbocycles. The molecule has 1 aliphatic heterocycles. The van der Waals surface area contributed by atoms with Crippen molar-refractivity contribution in [3.05, 3.63) is 28.7 Å². The summed E-state index contributed by atoms with van der Waals surface area (Å²) in [6.07, 6.45) is 10.4. The second kappa shape index (κ2) is 9.43. The van der Waals surface area contributed by atoms with E-state index >= 15 is 0 Å². The predicted octanol–water partition coefficient (Wildman–Crippen LogP) is 5.39. The molecule has 1 amide bonds. The Balaban J connectivity index is 1.13. The monoisotopic (exact) mass is 511 g/mol. The van der Waals surface area contributed by atoms with Gasteiger partial charge in [-0.05, 0) is 57.6 Å². The average molecular weight is 512 g/mol. The second-order valence-corrected chi connectivity index (χ2v) is 13.1. The standard InChI is InChI=1S/C28H41N5O2S/c1-17(2)26-31-30-18(3)33(26)20-14-23-28(15-20)16-24(28)32(23)13-12-21(22-10-11-25(35-4)36-22)29-27(34)19-8-6-5-7-9-19/h10-11,17,19-21,23-24H,5-9,12-16H2,1-4H3,(H,29,34)/t20?,21-,23?,24?,28?/m0/s1. The average Bonchev–Trinajstić information content (AvgIpc) is 3.24. The maximum absolute atomic E-state index is 13.2. The molecule has 0 bridgehead atoms. The van der Waals surface area contributed by atoms with Gasteiger partial charge in [0.15, 0.2) is 5.06 Å². The number of carbonyl (C=O) groups excluding carboxylic acids is 1.